The van der Waals surface area contributed by atoms with E-state index in [4.69, 9.17) is 0 Å². The summed E-state index contributed by atoms with van der Waals surface area (Å²) in [4.78, 5) is 12.1. The van der Waals surface area contributed by atoms with E-state index in [1.807, 2.05) is 37.3 Å². The first-order valence-corrected chi connectivity index (χ1v) is 7.15. The minimum Gasteiger partial charge on any atom is -0.349 e. The zero-order valence-corrected chi connectivity index (χ0v) is 12.7. The number of carbonyl (C=O) groups excluding carboxylic acids is 1. The minimum atomic E-state index is -0.376. The molecule has 0 radical (unpaired) electrons. The van der Waals surface area contributed by atoms with Crippen LogP contribution in [0, 0.1) is 5.82 Å². The van der Waals surface area contributed by atoms with Crippen LogP contribution in [0.4, 0.5) is 4.39 Å². The monoisotopic (exact) mass is 335 g/mol. The van der Waals surface area contributed by atoms with Crippen LogP contribution in [-0.4, -0.2) is 11.9 Å². The van der Waals surface area contributed by atoms with E-state index in [-0.39, 0.29) is 17.8 Å². The van der Waals surface area contributed by atoms with Crippen LogP contribution in [-0.2, 0) is 6.42 Å². The van der Waals surface area contributed by atoms with Crippen molar-refractivity contribution in [2.24, 2.45) is 0 Å². The number of rotatable bonds is 4. The largest absolute Gasteiger partial charge is 0.349 e. The number of amides is 1. The second-order valence-electron chi connectivity index (χ2n) is 4.69. The summed E-state index contributed by atoms with van der Waals surface area (Å²) in [5.74, 6) is -0.576. The molecule has 0 aliphatic rings. The Morgan fingerprint density at radius 3 is 2.60 bits per heavy atom. The van der Waals surface area contributed by atoms with Crippen molar-refractivity contribution in [1.82, 2.24) is 5.32 Å². The Morgan fingerprint density at radius 1 is 1.25 bits per heavy atom. The Bertz CT molecular complexity index is 601. The van der Waals surface area contributed by atoms with Crippen LogP contribution in [0.2, 0.25) is 0 Å². The van der Waals surface area contributed by atoms with Crippen LogP contribution in [0.25, 0.3) is 0 Å². The van der Waals surface area contributed by atoms with Crippen LogP contribution >= 0.6 is 15.9 Å². The zero-order valence-electron chi connectivity index (χ0n) is 11.1. The molecule has 2 nitrogen and oxygen atoms in total. The van der Waals surface area contributed by atoms with Crippen molar-refractivity contribution in [3.05, 3.63) is 69.9 Å². The molecule has 20 heavy (non-hydrogen) atoms. The summed E-state index contributed by atoms with van der Waals surface area (Å²) >= 11 is 3.08. The third-order valence-corrected chi connectivity index (χ3v) is 3.55. The molecule has 0 fully saturated rings. The maximum atomic E-state index is 13.1. The lowest BCUT2D eigenvalue weighted by molar-refractivity contribution is 0.0940. The predicted octanol–water partition coefficient (Wildman–Crippen LogP) is 3.95. The number of hydrogen-bond donors (Lipinski definition) is 1. The molecule has 1 N–H and O–H groups in total. The van der Waals surface area contributed by atoms with Gasteiger partial charge in [-0.05, 0) is 53.0 Å². The molecule has 2 aromatic rings. The summed E-state index contributed by atoms with van der Waals surface area (Å²) in [5, 5.41) is 2.91. The molecule has 0 aliphatic heterocycles. The van der Waals surface area contributed by atoms with Crippen LogP contribution in [0.3, 0.4) is 0 Å². The molecule has 2 rings (SSSR count). The molecule has 1 amide bonds. The van der Waals surface area contributed by atoms with E-state index in [9.17, 15) is 9.18 Å². The number of nitrogens with one attached hydrogen (secondary N) is 1. The third kappa shape index (κ3) is 3.90. The SMILES string of the molecule is CC(Cc1ccccc1)NC(=O)c1ccc(F)c(Br)c1. The summed E-state index contributed by atoms with van der Waals surface area (Å²) < 4.78 is 13.4. The Balaban J connectivity index is 1.98. The highest BCUT2D eigenvalue weighted by Gasteiger charge is 2.11. The van der Waals surface area contributed by atoms with Gasteiger partial charge in [-0.15, -0.1) is 0 Å². The fraction of sp³-hybridized carbons (Fsp3) is 0.188. The Labute approximate surface area is 126 Å². The number of carbonyl (C=O) groups is 1. The maximum Gasteiger partial charge on any atom is 0.251 e. The van der Waals surface area contributed by atoms with Gasteiger partial charge in [0.05, 0.1) is 4.47 Å². The molecule has 104 valence electrons. The highest BCUT2D eigenvalue weighted by atomic mass is 79.9. The van der Waals surface area contributed by atoms with Gasteiger partial charge in [0.25, 0.3) is 5.91 Å². The lowest BCUT2D eigenvalue weighted by Crippen LogP contribution is -2.34. The highest BCUT2D eigenvalue weighted by molar-refractivity contribution is 9.10. The molecule has 2 aromatic carbocycles. The van der Waals surface area contributed by atoms with E-state index in [0.29, 0.717) is 10.0 Å². The summed E-state index contributed by atoms with van der Waals surface area (Å²) in [6.45, 7) is 1.95. The van der Waals surface area contributed by atoms with E-state index < -0.39 is 0 Å². The van der Waals surface area contributed by atoms with Gasteiger partial charge in [0.2, 0.25) is 0 Å². The van der Waals surface area contributed by atoms with Crippen molar-refractivity contribution in [3.63, 3.8) is 0 Å². The predicted molar refractivity (Wildman–Crippen MR) is 81.2 cm³/mol. The van der Waals surface area contributed by atoms with Crippen LogP contribution in [0.5, 0.6) is 0 Å². The Kier molecular flexibility index (Phi) is 4.90. The number of benzene rings is 2. The van der Waals surface area contributed by atoms with Gasteiger partial charge in [-0.1, -0.05) is 30.3 Å². The van der Waals surface area contributed by atoms with Gasteiger partial charge in [-0.2, -0.15) is 0 Å². The molecule has 0 saturated heterocycles. The van der Waals surface area contributed by atoms with E-state index in [1.165, 1.54) is 23.8 Å². The number of halogens is 2. The topological polar surface area (TPSA) is 29.1 Å². The molecular weight excluding hydrogens is 321 g/mol. The molecule has 1 unspecified atom stereocenters. The summed E-state index contributed by atoms with van der Waals surface area (Å²) in [5.41, 5.74) is 1.61. The van der Waals surface area contributed by atoms with Crippen molar-refractivity contribution in [2.45, 2.75) is 19.4 Å². The van der Waals surface area contributed by atoms with Gasteiger partial charge in [0, 0.05) is 11.6 Å². The van der Waals surface area contributed by atoms with Crippen molar-refractivity contribution in [3.8, 4) is 0 Å². The van der Waals surface area contributed by atoms with E-state index >= 15 is 0 Å². The second kappa shape index (κ2) is 6.66. The number of hydrogen-bond acceptors (Lipinski definition) is 1. The molecule has 0 bridgehead atoms. The molecule has 0 saturated carbocycles. The van der Waals surface area contributed by atoms with E-state index in [1.54, 1.807) is 0 Å². The van der Waals surface area contributed by atoms with Gasteiger partial charge in [-0.25, -0.2) is 4.39 Å². The molecule has 4 heteroatoms. The fourth-order valence-electron chi connectivity index (χ4n) is 1.96. The average molecular weight is 336 g/mol. The minimum absolute atomic E-state index is 0.00808. The lowest BCUT2D eigenvalue weighted by atomic mass is 10.1. The van der Waals surface area contributed by atoms with E-state index in [0.717, 1.165) is 6.42 Å². The average Bonchev–Trinajstić information content (AvgIpc) is 2.42. The third-order valence-electron chi connectivity index (χ3n) is 2.94. The molecule has 0 spiro atoms. The molecule has 0 aliphatic carbocycles. The zero-order chi connectivity index (χ0) is 14.5. The van der Waals surface area contributed by atoms with Crippen LogP contribution in [0.1, 0.15) is 22.8 Å². The molecular formula is C16H15BrFNO. The molecule has 0 aromatic heterocycles. The normalized spacial score (nSPS) is 11.9. The smallest absolute Gasteiger partial charge is 0.251 e. The Morgan fingerprint density at radius 2 is 1.95 bits per heavy atom. The maximum absolute atomic E-state index is 13.1. The highest BCUT2D eigenvalue weighted by Crippen LogP contribution is 2.17. The summed E-state index contributed by atoms with van der Waals surface area (Å²) in [6, 6.07) is 14.2. The van der Waals surface area contributed by atoms with Crippen molar-refractivity contribution >= 4 is 21.8 Å². The van der Waals surface area contributed by atoms with Gasteiger partial charge in [0.1, 0.15) is 5.82 Å². The van der Waals surface area contributed by atoms with Crippen molar-refractivity contribution < 1.29 is 9.18 Å². The fourth-order valence-corrected chi connectivity index (χ4v) is 2.34. The van der Waals surface area contributed by atoms with Gasteiger partial charge in [0.15, 0.2) is 0 Å². The van der Waals surface area contributed by atoms with Crippen molar-refractivity contribution in [2.75, 3.05) is 0 Å². The van der Waals surface area contributed by atoms with E-state index in [2.05, 4.69) is 21.2 Å². The van der Waals surface area contributed by atoms with Crippen molar-refractivity contribution in [1.29, 1.82) is 0 Å². The standard InChI is InChI=1S/C16H15BrFNO/c1-11(9-12-5-3-2-4-6-12)19-16(20)13-7-8-15(18)14(17)10-13/h2-8,10-11H,9H2,1H3,(H,19,20). The summed E-state index contributed by atoms with van der Waals surface area (Å²) in [6.07, 6.45) is 0.759. The van der Waals surface area contributed by atoms with Gasteiger partial charge >= 0.3 is 0 Å². The summed E-state index contributed by atoms with van der Waals surface area (Å²) in [7, 11) is 0. The molecule has 1 atom stereocenters. The first kappa shape index (κ1) is 14.7. The van der Waals surface area contributed by atoms with Gasteiger partial charge in [-0.3, -0.25) is 4.79 Å². The lowest BCUT2D eigenvalue weighted by Gasteiger charge is -2.14. The van der Waals surface area contributed by atoms with Gasteiger partial charge < -0.3 is 5.32 Å². The quantitative estimate of drug-likeness (QED) is 0.900. The molecule has 0 heterocycles. The van der Waals surface area contributed by atoms with Crippen LogP contribution in [0.15, 0.2) is 53.0 Å². The first-order chi connectivity index (χ1) is 9.56. The van der Waals surface area contributed by atoms with Crippen LogP contribution < -0.4 is 5.32 Å². The first-order valence-electron chi connectivity index (χ1n) is 6.36. The second-order valence-corrected chi connectivity index (χ2v) is 5.55. The Hall–Kier alpha value is -1.68.